The van der Waals surface area contributed by atoms with Gasteiger partial charge in [-0.3, -0.25) is 0 Å². The van der Waals surface area contributed by atoms with Gasteiger partial charge in [-0.1, -0.05) is 0 Å². The Kier molecular flexibility index (Phi) is 0.965. The Balaban J connectivity index is 2.61. The number of aliphatic imine (C=N–C) groups is 1. The maximum Gasteiger partial charge on any atom is 0.288 e. The minimum absolute atomic E-state index is 1.13. The highest BCUT2D eigenvalue weighted by atomic mass is 32.2. The van der Waals surface area contributed by atoms with Crippen LogP contribution >= 0.6 is 11.8 Å². The van der Waals surface area contributed by atoms with Crippen LogP contribution in [0.1, 0.15) is 6.92 Å². The van der Waals surface area contributed by atoms with Gasteiger partial charge >= 0.3 is 0 Å². The molecule has 0 aromatic heterocycles. The first-order chi connectivity index (χ1) is 2.89. The Labute approximate surface area is 41.2 Å². The van der Waals surface area contributed by atoms with E-state index >= 15 is 0 Å². The summed E-state index contributed by atoms with van der Waals surface area (Å²) in [4.78, 5) is 3.94. The number of thioether (sulfide) groups is 1. The molecule has 0 aromatic carbocycles. The Morgan fingerprint density at radius 1 is 1.83 bits per heavy atom. The van der Waals surface area contributed by atoms with Crippen molar-refractivity contribution in [2.24, 2.45) is 0 Å². The Morgan fingerprint density at radius 3 is 2.83 bits per heavy atom. The van der Waals surface area contributed by atoms with Crippen molar-refractivity contribution in [2.45, 2.75) is 6.92 Å². The summed E-state index contributed by atoms with van der Waals surface area (Å²) in [5, 5.41) is 3.10. The van der Waals surface area contributed by atoms with E-state index in [0.717, 1.165) is 5.04 Å². The third kappa shape index (κ3) is 0.627. The fourth-order valence-electron chi connectivity index (χ4n) is 0.295. The molecule has 0 bridgehead atoms. The molecule has 1 radical (unpaired) electrons. The molecule has 0 aliphatic carbocycles. The summed E-state index contributed by atoms with van der Waals surface area (Å²) in [6, 6.07) is 0. The molecule has 0 unspecified atom stereocenters. The zero-order valence-corrected chi connectivity index (χ0v) is 4.33. The Bertz CT molecular complexity index is 104. The zero-order chi connectivity index (χ0) is 4.41. The van der Waals surface area contributed by atoms with Gasteiger partial charge in [0, 0.05) is 6.92 Å². The first-order valence-electron chi connectivity index (χ1n) is 1.75. The lowest BCUT2D eigenvalue weighted by Gasteiger charge is -1.62. The van der Waals surface area contributed by atoms with Crippen LogP contribution < -0.4 is 4.99 Å². The van der Waals surface area contributed by atoms with Crippen LogP contribution in [-0.4, -0.2) is 5.04 Å². The van der Waals surface area contributed by atoms with Crippen molar-refractivity contribution >= 4 is 16.8 Å². The van der Waals surface area contributed by atoms with Gasteiger partial charge in [-0.25, -0.2) is 0 Å². The molecule has 1 rings (SSSR count). The van der Waals surface area contributed by atoms with Crippen molar-refractivity contribution in [1.82, 2.24) is 4.99 Å². The monoisotopic (exact) mass is 99.0 g/mol. The molecular formula is C4H5NS+. The van der Waals surface area contributed by atoms with Gasteiger partial charge in [0.15, 0.2) is 0 Å². The van der Waals surface area contributed by atoms with Crippen LogP contribution in [0.25, 0.3) is 0 Å². The molecule has 0 spiro atoms. The van der Waals surface area contributed by atoms with E-state index in [1.807, 2.05) is 12.3 Å². The quantitative estimate of drug-likeness (QED) is 0.441. The van der Waals surface area contributed by atoms with Gasteiger partial charge in [-0.2, -0.15) is 0 Å². The van der Waals surface area contributed by atoms with Crippen LogP contribution in [0.2, 0.25) is 0 Å². The van der Waals surface area contributed by atoms with Crippen LogP contribution in [0.3, 0.4) is 0 Å². The van der Waals surface area contributed by atoms with Gasteiger partial charge in [0.05, 0.1) is 10.4 Å². The van der Waals surface area contributed by atoms with E-state index < -0.39 is 0 Å². The number of hydrogen-bond donors (Lipinski definition) is 0. The highest BCUT2D eigenvalue weighted by Gasteiger charge is 2.04. The topological polar surface area (TPSA) is 14.1 Å². The van der Waals surface area contributed by atoms with Crippen molar-refractivity contribution in [3.63, 3.8) is 0 Å². The fourth-order valence-corrected chi connectivity index (χ4v) is 0.735. The summed E-state index contributed by atoms with van der Waals surface area (Å²) in [6.45, 7) is 1.99. The maximum atomic E-state index is 3.94. The molecule has 0 saturated carbocycles. The molecule has 0 aromatic rings. The summed E-state index contributed by atoms with van der Waals surface area (Å²) in [6.07, 6.45) is 1.81. The fraction of sp³-hybridized carbons (Fsp3) is 0.250. The molecule has 0 saturated heterocycles. The lowest BCUT2D eigenvalue weighted by atomic mass is 10.8. The van der Waals surface area contributed by atoms with E-state index in [-0.39, 0.29) is 0 Å². The zero-order valence-electron chi connectivity index (χ0n) is 3.51. The third-order valence-corrected chi connectivity index (χ3v) is 1.26. The molecule has 2 heteroatoms. The molecule has 0 fully saturated rings. The van der Waals surface area contributed by atoms with Crippen LogP contribution in [0.15, 0.2) is 11.6 Å². The summed E-state index contributed by atoms with van der Waals surface area (Å²) in [7, 11) is 0. The molecule has 1 aliphatic rings. The van der Waals surface area contributed by atoms with E-state index in [1.165, 1.54) is 0 Å². The minimum atomic E-state index is 1.13. The van der Waals surface area contributed by atoms with Gasteiger partial charge in [0.1, 0.15) is 0 Å². The molecule has 1 heterocycles. The smallest absolute Gasteiger partial charge is 0.0205 e. The van der Waals surface area contributed by atoms with Crippen molar-refractivity contribution in [2.75, 3.05) is 0 Å². The second-order valence-electron chi connectivity index (χ2n) is 1.05. The normalized spacial score (nSPS) is 18.5. The van der Waals surface area contributed by atoms with Crippen molar-refractivity contribution < 1.29 is 0 Å². The summed E-state index contributed by atoms with van der Waals surface area (Å²) >= 11 is 1.67. The summed E-state index contributed by atoms with van der Waals surface area (Å²) in [5.74, 6) is 0. The first kappa shape index (κ1) is 3.93. The Morgan fingerprint density at radius 2 is 2.67 bits per heavy atom. The average Bonchev–Trinajstić information content (AvgIpc) is 1.86. The van der Waals surface area contributed by atoms with Gasteiger partial charge in [0.25, 0.3) is 5.04 Å². The average molecular weight is 99.2 g/mol. The second-order valence-corrected chi connectivity index (χ2v) is 2.15. The highest BCUT2D eigenvalue weighted by Crippen LogP contribution is 2.05. The predicted octanol–water partition coefficient (Wildman–Crippen LogP) is 0.959. The van der Waals surface area contributed by atoms with Gasteiger partial charge in [-0.15, -0.1) is 0 Å². The van der Waals surface area contributed by atoms with Crippen LogP contribution in [0.5, 0.6) is 0 Å². The van der Waals surface area contributed by atoms with Crippen molar-refractivity contribution in [3.05, 3.63) is 11.6 Å². The third-order valence-electron chi connectivity index (χ3n) is 0.556. The van der Waals surface area contributed by atoms with Crippen LogP contribution in [0.4, 0.5) is 0 Å². The van der Waals surface area contributed by atoms with E-state index in [4.69, 9.17) is 0 Å². The van der Waals surface area contributed by atoms with E-state index in [9.17, 15) is 0 Å². The molecule has 31 valence electrons. The maximum absolute atomic E-state index is 3.94. The van der Waals surface area contributed by atoms with Gasteiger partial charge in [0.2, 0.25) is 6.20 Å². The van der Waals surface area contributed by atoms with Crippen LogP contribution in [-0.2, 0) is 0 Å². The standard InChI is InChI=1S/C4H5NS/c1-4-5-2-3-6-4/h2-3H,1H3/q+1. The number of hydrogen-bond acceptors (Lipinski definition) is 2. The molecular weight excluding hydrogens is 94.1 g/mol. The summed E-state index contributed by atoms with van der Waals surface area (Å²) in [5.41, 5.74) is 0. The summed E-state index contributed by atoms with van der Waals surface area (Å²) < 4.78 is 0. The van der Waals surface area contributed by atoms with Gasteiger partial charge < -0.3 is 0 Å². The lowest BCUT2D eigenvalue weighted by Crippen LogP contribution is -1.81. The largest absolute Gasteiger partial charge is 0.288 e. The molecule has 0 atom stereocenters. The van der Waals surface area contributed by atoms with E-state index in [1.54, 1.807) is 18.0 Å². The molecule has 1 aliphatic heterocycles. The highest BCUT2D eigenvalue weighted by molar-refractivity contribution is 8.16. The van der Waals surface area contributed by atoms with E-state index in [2.05, 4.69) is 4.99 Å². The van der Waals surface area contributed by atoms with Gasteiger partial charge in [-0.05, 0) is 11.8 Å². The molecule has 6 heavy (non-hydrogen) atoms. The van der Waals surface area contributed by atoms with E-state index in [0.29, 0.717) is 0 Å². The number of nitrogens with zero attached hydrogens (tertiary/aromatic N) is 1. The minimum Gasteiger partial charge on any atom is -0.0205 e. The number of rotatable bonds is 0. The van der Waals surface area contributed by atoms with Crippen LogP contribution in [0, 0.1) is 0 Å². The molecule has 1 nitrogen and oxygen atoms in total. The first-order valence-corrected chi connectivity index (χ1v) is 2.63. The molecule has 0 amide bonds. The predicted molar refractivity (Wildman–Crippen MR) is 29.5 cm³/mol. The van der Waals surface area contributed by atoms with Crippen molar-refractivity contribution in [3.8, 4) is 0 Å². The van der Waals surface area contributed by atoms with Crippen molar-refractivity contribution in [1.29, 1.82) is 0 Å². The Hall–Kier alpha value is -0.240. The SMILES string of the molecule is CC1=[N+]C=CS1. The second kappa shape index (κ2) is 1.47. The lowest BCUT2D eigenvalue weighted by molar-refractivity contribution is 1.41. The molecule has 0 N–H and O–H groups in total.